The van der Waals surface area contributed by atoms with Gasteiger partial charge in [0.05, 0.1) is 12.7 Å². The molecule has 14 heavy (non-hydrogen) atoms. The summed E-state index contributed by atoms with van der Waals surface area (Å²) in [6, 6.07) is 5.41. The summed E-state index contributed by atoms with van der Waals surface area (Å²) in [5.74, 6) is 0.694. The Hall–Kier alpha value is -1.16. The van der Waals surface area contributed by atoms with Gasteiger partial charge in [0.2, 0.25) is 0 Å². The summed E-state index contributed by atoms with van der Waals surface area (Å²) in [5, 5.41) is 2.60. The second kappa shape index (κ2) is 4.91. The van der Waals surface area contributed by atoms with E-state index in [4.69, 9.17) is 4.74 Å². The molecule has 0 spiro atoms. The van der Waals surface area contributed by atoms with Crippen LogP contribution >= 0.6 is 11.8 Å². The summed E-state index contributed by atoms with van der Waals surface area (Å²) in [5.41, 5.74) is 0.681. The van der Waals surface area contributed by atoms with Gasteiger partial charge in [-0.1, -0.05) is 0 Å². The molecule has 0 saturated heterocycles. The Labute approximate surface area is 87.8 Å². The lowest BCUT2D eigenvalue weighted by molar-refractivity contribution is 0.0960. The molecular weight excluding hydrogens is 198 g/mol. The molecule has 1 amide bonds. The fraction of sp³-hybridized carbons (Fsp3) is 0.300. The highest BCUT2D eigenvalue weighted by Crippen LogP contribution is 2.25. The minimum Gasteiger partial charge on any atom is -0.497 e. The van der Waals surface area contributed by atoms with Crippen LogP contribution in [0.25, 0.3) is 0 Å². The van der Waals surface area contributed by atoms with Crippen LogP contribution < -0.4 is 10.1 Å². The van der Waals surface area contributed by atoms with Crippen molar-refractivity contribution in [1.29, 1.82) is 0 Å². The highest BCUT2D eigenvalue weighted by atomic mass is 32.2. The number of rotatable bonds is 3. The van der Waals surface area contributed by atoms with Gasteiger partial charge in [-0.15, -0.1) is 11.8 Å². The summed E-state index contributed by atoms with van der Waals surface area (Å²) < 4.78 is 5.08. The molecule has 0 bridgehead atoms. The first kappa shape index (κ1) is 10.9. The number of ether oxygens (including phenoxy) is 1. The zero-order chi connectivity index (χ0) is 10.6. The molecule has 0 aromatic heterocycles. The van der Waals surface area contributed by atoms with E-state index in [0.29, 0.717) is 5.56 Å². The van der Waals surface area contributed by atoms with Crippen molar-refractivity contribution in [2.24, 2.45) is 0 Å². The topological polar surface area (TPSA) is 38.3 Å². The minimum atomic E-state index is -0.0722. The molecule has 0 aliphatic heterocycles. The summed E-state index contributed by atoms with van der Waals surface area (Å²) in [4.78, 5) is 12.3. The van der Waals surface area contributed by atoms with E-state index in [0.717, 1.165) is 10.6 Å². The summed E-state index contributed by atoms with van der Waals surface area (Å²) >= 11 is 1.53. The molecule has 76 valence electrons. The van der Waals surface area contributed by atoms with Crippen molar-refractivity contribution in [2.45, 2.75) is 4.90 Å². The van der Waals surface area contributed by atoms with Gasteiger partial charge in [-0.3, -0.25) is 4.79 Å². The third kappa shape index (κ3) is 2.20. The molecule has 0 saturated carbocycles. The third-order valence-electron chi connectivity index (χ3n) is 1.88. The molecule has 3 nitrogen and oxygen atoms in total. The molecule has 0 heterocycles. The second-order valence-corrected chi connectivity index (χ2v) is 3.49. The van der Waals surface area contributed by atoms with Gasteiger partial charge in [-0.2, -0.15) is 0 Å². The van der Waals surface area contributed by atoms with Crippen molar-refractivity contribution < 1.29 is 9.53 Å². The van der Waals surface area contributed by atoms with Crippen molar-refractivity contribution >= 4 is 17.7 Å². The van der Waals surface area contributed by atoms with E-state index in [1.807, 2.05) is 12.3 Å². The normalized spacial score (nSPS) is 9.64. The number of amides is 1. The van der Waals surface area contributed by atoms with Gasteiger partial charge in [0.25, 0.3) is 5.91 Å². The predicted molar refractivity (Wildman–Crippen MR) is 58.2 cm³/mol. The largest absolute Gasteiger partial charge is 0.497 e. The van der Waals surface area contributed by atoms with Crippen molar-refractivity contribution in [2.75, 3.05) is 20.4 Å². The van der Waals surface area contributed by atoms with E-state index in [-0.39, 0.29) is 5.91 Å². The lowest BCUT2D eigenvalue weighted by Crippen LogP contribution is -2.18. The van der Waals surface area contributed by atoms with Crippen LogP contribution in [0.15, 0.2) is 23.1 Å². The smallest absolute Gasteiger partial charge is 0.252 e. The molecular formula is C10H13NO2S. The molecule has 4 heteroatoms. The monoisotopic (exact) mass is 211 g/mol. The zero-order valence-corrected chi connectivity index (χ0v) is 9.27. The molecule has 0 fully saturated rings. The fourth-order valence-corrected chi connectivity index (χ4v) is 1.74. The Morgan fingerprint density at radius 2 is 2.21 bits per heavy atom. The third-order valence-corrected chi connectivity index (χ3v) is 2.66. The van der Waals surface area contributed by atoms with Crippen LogP contribution in [-0.2, 0) is 0 Å². The van der Waals surface area contributed by atoms with Crippen LogP contribution in [0, 0.1) is 0 Å². The van der Waals surface area contributed by atoms with E-state index >= 15 is 0 Å². The number of methoxy groups -OCH3 is 1. The van der Waals surface area contributed by atoms with E-state index in [1.165, 1.54) is 11.8 Å². The molecule has 1 N–H and O–H groups in total. The quantitative estimate of drug-likeness (QED) is 0.774. The van der Waals surface area contributed by atoms with Gasteiger partial charge < -0.3 is 10.1 Å². The van der Waals surface area contributed by atoms with Gasteiger partial charge in [-0.25, -0.2) is 0 Å². The number of hydrogen-bond donors (Lipinski definition) is 1. The Morgan fingerprint density at radius 1 is 1.50 bits per heavy atom. The first-order chi connectivity index (χ1) is 6.72. The molecule has 1 rings (SSSR count). The predicted octanol–water partition coefficient (Wildman–Crippen LogP) is 1.78. The van der Waals surface area contributed by atoms with E-state index in [9.17, 15) is 4.79 Å². The molecule has 0 unspecified atom stereocenters. The van der Waals surface area contributed by atoms with E-state index in [2.05, 4.69) is 5.32 Å². The maximum Gasteiger partial charge on any atom is 0.252 e. The molecule has 1 aromatic carbocycles. The van der Waals surface area contributed by atoms with Gasteiger partial charge >= 0.3 is 0 Å². The lowest BCUT2D eigenvalue weighted by atomic mass is 10.2. The summed E-state index contributed by atoms with van der Waals surface area (Å²) in [6.07, 6.45) is 1.93. The van der Waals surface area contributed by atoms with Crippen molar-refractivity contribution in [1.82, 2.24) is 5.32 Å². The number of hydrogen-bond acceptors (Lipinski definition) is 3. The molecule has 1 aromatic rings. The highest BCUT2D eigenvalue weighted by Gasteiger charge is 2.09. The second-order valence-electron chi connectivity index (χ2n) is 2.65. The number of thioether (sulfide) groups is 1. The summed E-state index contributed by atoms with van der Waals surface area (Å²) in [7, 11) is 3.23. The van der Waals surface area contributed by atoms with Gasteiger partial charge in [0, 0.05) is 11.9 Å². The molecule has 0 atom stereocenters. The maximum absolute atomic E-state index is 11.4. The van der Waals surface area contributed by atoms with Crippen molar-refractivity contribution in [3.8, 4) is 5.75 Å². The van der Waals surface area contributed by atoms with Crippen LogP contribution in [0.1, 0.15) is 10.4 Å². The number of carbonyl (C=O) groups excluding carboxylic acids is 1. The van der Waals surface area contributed by atoms with Gasteiger partial charge in [0.1, 0.15) is 5.75 Å². The van der Waals surface area contributed by atoms with E-state index in [1.54, 1.807) is 26.3 Å². The number of benzene rings is 1. The average Bonchev–Trinajstić information content (AvgIpc) is 2.27. The maximum atomic E-state index is 11.4. The van der Waals surface area contributed by atoms with Crippen molar-refractivity contribution in [3.05, 3.63) is 23.8 Å². The molecule has 0 radical (unpaired) electrons. The van der Waals surface area contributed by atoms with Crippen LogP contribution in [-0.4, -0.2) is 26.3 Å². The zero-order valence-electron chi connectivity index (χ0n) is 8.46. The minimum absolute atomic E-state index is 0.0722. The molecule has 0 aliphatic carbocycles. The number of nitrogens with one attached hydrogen (secondary N) is 1. The Kier molecular flexibility index (Phi) is 3.83. The average molecular weight is 211 g/mol. The van der Waals surface area contributed by atoms with Crippen LogP contribution in [0.5, 0.6) is 5.75 Å². The van der Waals surface area contributed by atoms with Crippen molar-refractivity contribution in [3.63, 3.8) is 0 Å². The van der Waals surface area contributed by atoms with Crippen LogP contribution in [0.4, 0.5) is 0 Å². The summed E-state index contributed by atoms with van der Waals surface area (Å²) in [6.45, 7) is 0. The van der Waals surface area contributed by atoms with Crippen LogP contribution in [0.2, 0.25) is 0 Å². The van der Waals surface area contributed by atoms with Crippen LogP contribution in [0.3, 0.4) is 0 Å². The first-order valence-corrected chi connectivity index (χ1v) is 5.39. The first-order valence-electron chi connectivity index (χ1n) is 4.17. The Bertz CT molecular complexity index is 339. The van der Waals surface area contributed by atoms with Gasteiger partial charge in [0.15, 0.2) is 0 Å². The Balaban J connectivity index is 3.11. The number of carbonyl (C=O) groups is 1. The SMILES string of the molecule is CNC(=O)c1ccc(OC)cc1SC. The molecule has 0 aliphatic rings. The lowest BCUT2D eigenvalue weighted by Gasteiger charge is -2.07. The van der Waals surface area contributed by atoms with E-state index < -0.39 is 0 Å². The Morgan fingerprint density at radius 3 is 2.71 bits per heavy atom. The fourth-order valence-electron chi connectivity index (χ4n) is 1.12. The standard InChI is InChI=1S/C10H13NO2S/c1-11-10(12)8-5-4-7(13-2)6-9(8)14-3/h4-6H,1-3H3,(H,11,12). The highest BCUT2D eigenvalue weighted by molar-refractivity contribution is 7.98. The van der Waals surface area contributed by atoms with Gasteiger partial charge in [-0.05, 0) is 24.5 Å².